The molecular formula is C14H23NO5. The molecule has 1 unspecified atom stereocenters. The molecule has 1 saturated heterocycles. The fraction of sp³-hybridized carbons (Fsp3) is 0.786. The molecule has 0 bridgehead atoms. The maximum Gasteiger partial charge on any atom is 0.410 e. The smallest absolute Gasteiger partial charge is 0.410 e. The average molecular weight is 285 g/mol. The van der Waals surface area contributed by atoms with E-state index in [0.717, 1.165) is 6.42 Å². The predicted molar refractivity (Wildman–Crippen MR) is 72.2 cm³/mol. The molecule has 0 spiro atoms. The number of amides is 1. The third kappa shape index (κ3) is 4.83. The fourth-order valence-electron chi connectivity index (χ4n) is 2.12. The first kappa shape index (κ1) is 16.5. The van der Waals surface area contributed by atoms with Gasteiger partial charge in [0.2, 0.25) is 5.78 Å². The van der Waals surface area contributed by atoms with Gasteiger partial charge in [-0.3, -0.25) is 4.79 Å². The highest BCUT2D eigenvalue weighted by Crippen LogP contribution is 2.23. The van der Waals surface area contributed by atoms with Gasteiger partial charge in [-0.1, -0.05) is 0 Å². The first-order valence-electron chi connectivity index (χ1n) is 6.94. The van der Waals surface area contributed by atoms with Crippen molar-refractivity contribution in [3.8, 4) is 0 Å². The van der Waals surface area contributed by atoms with Crippen molar-refractivity contribution in [2.45, 2.75) is 58.6 Å². The molecule has 1 aliphatic heterocycles. The Bertz CT molecular complexity index is 386. The van der Waals surface area contributed by atoms with Crippen molar-refractivity contribution >= 4 is 17.8 Å². The first-order valence-corrected chi connectivity index (χ1v) is 6.94. The van der Waals surface area contributed by atoms with Gasteiger partial charge in [0.25, 0.3) is 0 Å². The van der Waals surface area contributed by atoms with Crippen LogP contribution in [-0.4, -0.2) is 47.5 Å². The summed E-state index contributed by atoms with van der Waals surface area (Å²) in [5.41, 5.74) is -0.574. The van der Waals surface area contributed by atoms with Crippen molar-refractivity contribution in [3.05, 3.63) is 0 Å². The molecule has 0 aromatic heterocycles. The zero-order valence-corrected chi connectivity index (χ0v) is 12.6. The molecular weight excluding hydrogens is 262 g/mol. The van der Waals surface area contributed by atoms with Gasteiger partial charge in [0.1, 0.15) is 5.60 Å². The number of esters is 1. The van der Waals surface area contributed by atoms with Crippen LogP contribution in [0.15, 0.2) is 0 Å². The summed E-state index contributed by atoms with van der Waals surface area (Å²) >= 11 is 0. The maximum atomic E-state index is 12.0. The second-order valence-electron chi connectivity index (χ2n) is 5.82. The fourth-order valence-corrected chi connectivity index (χ4v) is 2.12. The Kier molecular flexibility index (Phi) is 5.53. The quantitative estimate of drug-likeness (QED) is 0.582. The normalized spacial score (nSPS) is 18.8. The van der Waals surface area contributed by atoms with E-state index in [-0.39, 0.29) is 19.1 Å². The van der Waals surface area contributed by atoms with Gasteiger partial charge in [0, 0.05) is 19.0 Å². The highest BCUT2D eigenvalue weighted by molar-refractivity contribution is 6.33. The minimum absolute atomic E-state index is 0.00191. The molecule has 20 heavy (non-hydrogen) atoms. The van der Waals surface area contributed by atoms with E-state index in [4.69, 9.17) is 4.74 Å². The van der Waals surface area contributed by atoms with Crippen LogP contribution < -0.4 is 0 Å². The molecule has 0 radical (unpaired) electrons. The molecule has 114 valence electrons. The lowest BCUT2D eigenvalue weighted by atomic mass is 10.1. The van der Waals surface area contributed by atoms with Crippen molar-refractivity contribution in [2.75, 3.05) is 13.2 Å². The molecule has 0 N–H and O–H groups in total. The first-order chi connectivity index (χ1) is 9.24. The highest BCUT2D eigenvalue weighted by atomic mass is 16.6. The Balaban J connectivity index is 2.59. The topological polar surface area (TPSA) is 72.9 Å². The minimum atomic E-state index is -0.830. The number of Topliss-reactive ketones (excluding diaryl/α,β-unsaturated/α-hetero) is 1. The molecule has 1 amide bonds. The van der Waals surface area contributed by atoms with E-state index in [2.05, 4.69) is 4.74 Å². The van der Waals surface area contributed by atoms with Crippen molar-refractivity contribution in [2.24, 2.45) is 0 Å². The van der Waals surface area contributed by atoms with Crippen molar-refractivity contribution in [1.29, 1.82) is 0 Å². The zero-order chi connectivity index (χ0) is 15.3. The molecule has 1 atom stereocenters. The van der Waals surface area contributed by atoms with Gasteiger partial charge in [0.05, 0.1) is 6.61 Å². The highest BCUT2D eigenvalue weighted by Gasteiger charge is 2.34. The van der Waals surface area contributed by atoms with E-state index < -0.39 is 23.4 Å². The molecule has 1 rings (SSSR count). The molecule has 1 heterocycles. The molecule has 0 saturated carbocycles. The number of carbonyl (C=O) groups is 3. The summed E-state index contributed by atoms with van der Waals surface area (Å²) in [6, 6.07) is -0.276. The molecule has 6 heteroatoms. The molecule has 6 nitrogen and oxygen atoms in total. The third-order valence-corrected chi connectivity index (χ3v) is 2.93. The van der Waals surface area contributed by atoms with E-state index in [0.29, 0.717) is 13.0 Å². The van der Waals surface area contributed by atoms with Gasteiger partial charge in [0.15, 0.2) is 0 Å². The van der Waals surface area contributed by atoms with Crippen LogP contribution in [0.3, 0.4) is 0 Å². The lowest BCUT2D eigenvalue weighted by Gasteiger charge is -2.28. The lowest BCUT2D eigenvalue weighted by Crippen LogP contribution is -2.41. The number of hydrogen-bond donors (Lipinski definition) is 0. The summed E-state index contributed by atoms with van der Waals surface area (Å²) in [7, 11) is 0. The number of rotatable bonds is 4. The van der Waals surface area contributed by atoms with Crippen LogP contribution in [0.4, 0.5) is 4.79 Å². The van der Waals surface area contributed by atoms with Crippen molar-refractivity contribution < 1.29 is 23.9 Å². The number of ketones is 1. The third-order valence-electron chi connectivity index (χ3n) is 2.93. The summed E-state index contributed by atoms with van der Waals surface area (Å²) < 4.78 is 9.97. The summed E-state index contributed by atoms with van der Waals surface area (Å²) in [5, 5.41) is 0. The van der Waals surface area contributed by atoms with Crippen LogP contribution in [0, 0.1) is 0 Å². The Morgan fingerprint density at radius 1 is 1.25 bits per heavy atom. The molecule has 1 aliphatic rings. The van der Waals surface area contributed by atoms with Gasteiger partial charge in [-0.2, -0.15) is 0 Å². The predicted octanol–water partition coefficient (Wildman–Crippen LogP) is 1.91. The van der Waals surface area contributed by atoms with Crippen LogP contribution in [0.2, 0.25) is 0 Å². The number of carbonyl (C=O) groups excluding carboxylic acids is 3. The summed E-state index contributed by atoms with van der Waals surface area (Å²) in [4.78, 5) is 36.6. The Morgan fingerprint density at radius 3 is 2.45 bits per heavy atom. The minimum Gasteiger partial charge on any atom is -0.460 e. The number of likely N-dealkylation sites (tertiary alicyclic amines) is 1. The average Bonchev–Trinajstić information content (AvgIpc) is 2.75. The van der Waals surface area contributed by atoms with E-state index in [1.807, 2.05) is 0 Å². The van der Waals surface area contributed by atoms with Gasteiger partial charge >= 0.3 is 12.1 Å². The van der Waals surface area contributed by atoms with Gasteiger partial charge in [-0.15, -0.1) is 0 Å². The van der Waals surface area contributed by atoms with E-state index in [9.17, 15) is 14.4 Å². The number of ether oxygens (including phenoxy) is 2. The number of nitrogens with zero attached hydrogens (tertiary/aromatic N) is 1. The van der Waals surface area contributed by atoms with Gasteiger partial charge in [-0.25, -0.2) is 9.59 Å². The van der Waals surface area contributed by atoms with Crippen LogP contribution >= 0.6 is 0 Å². The largest absolute Gasteiger partial charge is 0.460 e. The maximum absolute atomic E-state index is 12.0. The molecule has 1 fully saturated rings. The molecule has 0 aromatic carbocycles. The Hall–Kier alpha value is -1.59. The van der Waals surface area contributed by atoms with E-state index in [1.165, 1.54) is 4.90 Å². The van der Waals surface area contributed by atoms with Gasteiger partial charge < -0.3 is 14.4 Å². The van der Waals surface area contributed by atoms with Crippen molar-refractivity contribution in [3.63, 3.8) is 0 Å². The molecule has 0 aromatic rings. The number of hydrogen-bond acceptors (Lipinski definition) is 5. The molecule has 0 aliphatic carbocycles. The Morgan fingerprint density at radius 2 is 1.90 bits per heavy atom. The van der Waals surface area contributed by atoms with Crippen LogP contribution in [-0.2, 0) is 19.1 Å². The van der Waals surface area contributed by atoms with Crippen LogP contribution in [0.1, 0.15) is 47.0 Å². The Labute approximate surface area is 119 Å². The second kappa shape index (κ2) is 6.72. The van der Waals surface area contributed by atoms with Crippen molar-refractivity contribution in [1.82, 2.24) is 4.90 Å². The van der Waals surface area contributed by atoms with Gasteiger partial charge in [-0.05, 0) is 40.5 Å². The summed E-state index contributed by atoms with van der Waals surface area (Å²) in [5.74, 6) is -1.42. The standard InChI is InChI=1S/C14H23NO5/c1-5-19-12(17)11(16)9-10-7-6-8-15(10)13(18)20-14(2,3)4/h10H,5-9H2,1-4H3. The van der Waals surface area contributed by atoms with E-state index in [1.54, 1.807) is 27.7 Å². The monoisotopic (exact) mass is 285 g/mol. The van der Waals surface area contributed by atoms with Crippen LogP contribution in [0.25, 0.3) is 0 Å². The lowest BCUT2D eigenvalue weighted by molar-refractivity contribution is -0.153. The summed E-state index contributed by atoms with van der Waals surface area (Å²) in [6.45, 7) is 7.74. The van der Waals surface area contributed by atoms with E-state index >= 15 is 0 Å². The SMILES string of the molecule is CCOC(=O)C(=O)CC1CCCN1C(=O)OC(C)(C)C. The summed E-state index contributed by atoms with van der Waals surface area (Å²) in [6.07, 6.45) is 1.07. The zero-order valence-electron chi connectivity index (χ0n) is 12.6. The van der Waals surface area contributed by atoms with Crippen LogP contribution in [0.5, 0.6) is 0 Å². The second-order valence-corrected chi connectivity index (χ2v) is 5.82.